The first kappa shape index (κ1) is 15.2. The lowest BCUT2D eigenvalue weighted by Gasteiger charge is -2.28. The Morgan fingerprint density at radius 2 is 2.30 bits per heavy atom. The van der Waals surface area contributed by atoms with Crippen LogP contribution < -0.4 is 5.32 Å². The van der Waals surface area contributed by atoms with E-state index in [0.29, 0.717) is 23.2 Å². The molecular weight excluding hydrogens is 278 g/mol. The molecule has 0 radical (unpaired) electrons. The Hall–Kier alpha value is -1.17. The van der Waals surface area contributed by atoms with Crippen molar-refractivity contribution in [2.75, 3.05) is 20.1 Å². The summed E-state index contributed by atoms with van der Waals surface area (Å²) < 4.78 is 0. The number of hydrogen-bond donors (Lipinski definition) is 1. The summed E-state index contributed by atoms with van der Waals surface area (Å²) in [7, 11) is 1.99. The Morgan fingerprint density at radius 1 is 1.50 bits per heavy atom. The number of benzene rings is 1. The lowest BCUT2D eigenvalue weighted by molar-refractivity contribution is -0.385. The molecule has 20 heavy (non-hydrogen) atoms. The van der Waals surface area contributed by atoms with Crippen LogP contribution in [0.5, 0.6) is 0 Å². The summed E-state index contributed by atoms with van der Waals surface area (Å²) in [6.07, 6.45) is 3.67. The zero-order valence-corrected chi connectivity index (χ0v) is 12.4. The van der Waals surface area contributed by atoms with E-state index in [2.05, 4.69) is 10.2 Å². The topological polar surface area (TPSA) is 58.4 Å². The number of piperidine rings is 1. The van der Waals surface area contributed by atoms with Gasteiger partial charge in [-0.05, 0) is 38.6 Å². The van der Waals surface area contributed by atoms with Crippen molar-refractivity contribution in [3.8, 4) is 0 Å². The van der Waals surface area contributed by atoms with Gasteiger partial charge in [0.25, 0.3) is 5.69 Å². The number of likely N-dealkylation sites (N-methyl/N-ethyl adjacent to an activating group) is 1. The van der Waals surface area contributed by atoms with Crippen molar-refractivity contribution in [1.29, 1.82) is 0 Å². The summed E-state index contributed by atoms with van der Waals surface area (Å²) in [5, 5.41) is 14.9. The molecule has 5 nitrogen and oxygen atoms in total. The van der Waals surface area contributed by atoms with Crippen molar-refractivity contribution in [3.63, 3.8) is 0 Å². The molecule has 1 saturated heterocycles. The number of rotatable bonds is 5. The van der Waals surface area contributed by atoms with Gasteiger partial charge < -0.3 is 10.2 Å². The maximum atomic E-state index is 11.1. The Balaban J connectivity index is 1.99. The molecule has 0 saturated carbocycles. The second-order valence-corrected chi connectivity index (χ2v) is 5.81. The first-order chi connectivity index (χ1) is 9.56. The molecule has 1 aliphatic rings. The third-order valence-electron chi connectivity index (χ3n) is 3.63. The average molecular weight is 298 g/mol. The average Bonchev–Trinajstić information content (AvgIpc) is 2.41. The fourth-order valence-corrected chi connectivity index (χ4v) is 2.82. The van der Waals surface area contributed by atoms with Gasteiger partial charge in [0, 0.05) is 35.8 Å². The van der Waals surface area contributed by atoms with Crippen LogP contribution >= 0.6 is 11.6 Å². The van der Waals surface area contributed by atoms with E-state index in [-0.39, 0.29) is 10.6 Å². The van der Waals surface area contributed by atoms with Gasteiger partial charge in [0.2, 0.25) is 0 Å². The molecule has 0 bridgehead atoms. The van der Waals surface area contributed by atoms with E-state index in [1.807, 2.05) is 7.05 Å². The van der Waals surface area contributed by atoms with Crippen molar-refractivity contribution in [2.24, 2.45) is 0 Å². The summed E-state index contributed by atoms with van der Waals surface area (Å²) in [5.74, 6) is 0. The Kier molecular flexibility index (Phi) is 5.34. The standard InChI is InChI=1S/C14H20ClN3O2/c1-17(10-13-4-2-3-7-16-13)9-11-5-6-12(15)8-14(11)18(19)20/h5-6,8,13,16H,2-4,7,9-10H2,1H3. The number of halogens is 1. The summed E-state index contributed by atoms with van der Waals surface area (Å²) in [4.78, 5) is 12.8. The van der Waals surface area contributed by atoms with Gasteiger partial charge in [-0.1, -0.05) is 18.0 Å². The maximum Gasteiger partial charge on any atom is 0.275 e. The zero-order valence-electron chi connectivity index (χ0n) is 11.6. The first-order valence-corrected chi connectivity index (χ1v) is 7.29. The van der Waals surface area contributed by atoms with Gasteiger partial charge >= 0.3 is 0 Å². The van der Waals surface area contributed by atoms with Gasteiger partial charge in [-0.3, -0.25) is 10.1 Å². The summed E-state index contributed by atoms with van der Waals surface area (Å²) in [5.41, 5.74) is 0.804. The lowest BCUT2D eigenvalue weighted by atomic mass is 10.0. The molecule has 1 aromatic rings. The van der Waals surface area contributed by atoms with Gasteiger partial charge in [0.1, 0.15) is 0 Å². The minimum atomic E-state index is -0.367. The molecule has 0 amide bonds. The van der Waals surface area contributed by atoms with Gasteiger partial charge in [0.15, 0.2) is 0 Å². The van der Waals surface area contributed by atoms with Gasteiger partial charge in [-0.2, -0.15) is 0 Å². The highest BCUT2D eigenvalue weighted by atomic mass is 35.5. The van der Waals surface area contributed by atoms with Crippen molar-refractivity contribution in [1.82, 2.24) is 10.2 Å². The van der Waals surface area contributed by atoms with E-state index in [0.717, 1.165) is 13.1 Å². The predicted molar refractivity (Wildman–Crippen MR) is 80.1 cm³/mol. The number of hydrogen-bond acceptors (Lipinski definition) is 4. The molecule has 6 heteroatoms. The summed E-state index contributed by atoms with van der Waals surface area (Å²) in [6.45, 7) is 2.53. The van der Waals surface area contributed by atoms with Crippen molar-refractivity contribution in [3.05, 3.63) is 38.9 Å². The van der Waals surface area contributed by atoms with Crippen LogP contribution in [-0.4, -0.2) is 36.0 Å². The first-order valence-electron chi connectivity index (χ1n) is 6.91. The molecule has 0 aromatic heterocycles. The van der Waals surface area contributed by atoms with Crippen molar-refractivity contribution in [2.45, 2.75) is 31.8 Å². The van der Waals surface area contributed by atoms with E-state index in [1.165, 1.54) is 25.3 Å². The molecule has 1 aromatic carbocycles. The predicted octanol–water partition coefficient (Wildman–Crippen LogP) is 2.82. The highest BCUT2D eigenvalue weighted by Gasteiger charge is 2.18. The van der Waals surface area contributed by atoms with E-state index >= 15 is 0 Å². The summed E-state index contributed by atoms with van der Waals surface area (Å²) in [6, 6.07) is 5.35. The van der Waals surface area contributed by atoms with Crippen LogP contribution in [0.15, 0.2) is 18.2 Å². The summed E-state index contributed by atoms with van der Waals surface area (Å²) >= 11 is 5.83. The van der Waals surface area contributed by atoms with E-state index in [1.54, 1.807) is 12.1 Å². The molecule has 1 fully saturated rings. The van der Waals surface area contributed by atoms with Crippen molar-refractivity contribution < 1.29 is 4.92 Å². The van der Waals surface area contributed by atoms with Gasteiger partial charge in [-0.15, -0.1) is 0 Å². The zero-order chi connectivity index (χ0) is 14.5. The highest BCUT2D eigenvalue weighted by Crippen LogP contribution is 2.24. The third kappa shape index (κ3) is 4.16. The van der Waals surface area contributed by atoms with E-state index < -0.39 is 0 Å². The van der Waals surface area contributed by atoms with Gasteiger partial charge in [-0.25, -0.2) is 0 Å². The Morgan fingerprint density at radius 3 is 2.95 bits per heavy atom. The van der Waals surface area contributed by atoms with Crippen LogP contribution in [0.2, 0.25) is 5.02 Å². The van der Waals surface area contributed by atoms with Crippen LogP contribution in [0.3, 0.4) is 0 Å². The van der Waals surface area contributed by atoms with Crippen LogP contribution in [0.4, 0.5) is 5.69 Å². The Bertz CT molecular complexity index is 475. The fourth-order valence-electron chi connectivity index (χ4n) is 2.65. The smallest absolute Gasteiger partial charge is 0.275 e. The number of nitro benzene ring substituents is 1. The monoisotopic (exact) mass is 297 g/mol. The molecule has 1 heterocycles. The normalized spacial score (nSPS) is 19.2. The molecule has 0 aliphatic carbocycles. The molecule has 0 spiro atoms. The molecule has 110 valence electrons. The van der Waals surface area contributed by atoms with Crippen LogP contribution in [0, 0.1) is 10.1 Å². The van der Waals surface area contributed by atoms with E-state index in [9.17, 15) is 10.1 Å². The highest BCUT2D eigenvalue weighted by molar-refractivity contribution is 6.30. The molecule has 1 atom stereocenters. The van der Waals surface area contributed by atoms with Crippen LogP contribution in [-0.2, 0) is 6.54 Å². The second kappa shape index (κ2) is 7.02. The quantitative estimate of drug-likeness (QED) is 0.671. The minimum absolute atomic E-state index is 0.0981. The molecular formula is C14H20ClN3O2. The lowest BCUT2D eigenvalue weighted by Crippen LogP contribution is -2.42. The molecule has 2 rings (SSSR count). The van der Waals surface area contributed by atoms with Crippen molar-refractivity contribution >= 4 is 17.3 Å². The van der Waals surface area contributed by atoms with Crippen LogP contribution in [0.25, 0.3) is 0 Å². The number of nitrogens with zero attached hydrogens (tertiary/aromatic N) is 2. The molecule has 1 unspecified atom stereocenters. The maximum absolute atomic E-state index is 11.1. The Labute approximate surface area is 124 Å². The molecule has 1 N–H and O–H groups in total. The van der Waals surface area contributed by atoms with Crippen LogP contribution in [0.1, 0.15) is 24.8 Å². The van der Waals surface area contributed by atoms with E-state index in [4.69, 9.17) is 11.6 Å². The second-order valence-electron chi connectivity index (χ2n) is 5.37. The fraction of sp³-hybridized carbons (Fsp3) is 0.571. The molecule has 1 aliphatic heterocycles. The number of nitro groups is 1. The van der Waals surface area contributed by atoms with Gasteiger partial charge in [0.05, 0.1) is 4.92 Å². The third-order valence-corrected chi connectivity index (χ3v) is 3.86. The number of nitrogens with one attached hydrogen (secondary N) is 1. The SMILES string of the molecule is CN(Cc1ccc(Cl)cc1[N+](=O)[O-])CC1CCCCN1. The largest absolute Gasteiger partial charge is 0.313 e. The minimum Gasteiger partial charge on any atom is -0.313 e.